The number of nitrogens with one attached hydrogen (secondary N) is 1. The van der Waals surface area contributed by atoms with Crippen molar-refractivity contribution in [3.8, 4) is 0 Å². The van der Waals surface area contributed by atoms with Gasteiger partial charge in [0.1, 0.15) is 6.61 Å². The minimum atomic E-state index is -0.702. The largest absolute Gasteiger partial charge is 0.457 e. The third-order valence-electron chi connectivity index (χ3n) is 5.62. The number of esters is 1. The number of ether oxygens (including phenoxy) is 1. The molecule has 2 aromatic rings. The van der Waals surface area contributed by atoms with Gasteiger partial charge in [0.2, 0.25) is 0 Å². The second-order valence-electron chi connectivity index (χ2n) is 7.68. The monoisotopic (exact) mass is 418 g/mol. The number of benzene rings is 2. The van der Waals surface area contributed by atoms with Crippen molar-refractivity contribution >= 4 is 17.4 Å². The first-order valence-corrected chi connectivity index (χ1v) is 10.1. The minimum absolute atomic E-state index is 0.0499. The first-order valence-electron chi connectivity index (χ1n) is 10.1. The zero-order valence-electron chi connectivity index (χ0n) is 17.1. The molecular formula is C24H22N2O5. The van der Waals surface area contributed by atoms with Gasteiger partial charge in [-0.2, -0.15) is 0 Å². The summed E-state index contributed by atoms with van der Waals surface area (Å²) < 4.78 is 5.58. The van der Waals surface area contributed by atoms with E-state index in [2.05, 4.69) is 5.32 Å². The topological polar surface area (TPSA) is 98.5 Å². The molecule has 0 spiro atoms. The quantitative estimate of drug-likeness (QED) is 0.441. The number of hydrogen-bond acceptors (Lipinski definition) is 6. The molecule has 0 radical (unpaired) electrons. The van der Waals surface area contributed by atoms with Crippen LogP contribution in [0.15, 0.2) is 77.1 Å². The molecule has 1 unspecified atom stereocenters. The molecule has 0 saturated heterocycles. The second-order valence-corrected chi connectivity index (χ2v) is 7.68. The average molecular weight is 418 g/mol. The van der Waals surface area contributed by atoms with E-state index in [0.717, 1.165) is 17.7 Å². The Morgan fingerprint density at radius 2 is 1.94 bits per heavy atom. The predicted molar refractivity (Wildman–Crippen MR) is 114 cm³/mol. The van der Waals surface area contributed by atoms with Crippen molar-refractivity contribution in [1.29, 1.82) is 0 Å². The van der Waals surface area contributed by atoms with E-state index in [1.54, 1.807) is 19.1 Å². The van der Waals surface area contributed by atoms with Crippen LogP contribution >= 0.6 is 0 Å². The van der Waals surface area contributed by atoms with Gasteiger partial charge in [-0.1, -0.05) is 42.5 Å². The van der Waals surface area contributed by atoms with Gasteiger partial charge in [0.05, 0.1) is 10.5 Å². The zero-order valence-corrected chi connectivity index (χ0v) is 17.1. The van der Waals surface area contributed by atoms with E-state index in [1.165, 1.54) is 12.1 Å². The number of allylic oxidation sites excluding steroid dienone is 3. The van der Waals surface area contributed by atoms with Crippen LogP contribution in [0, 0.1) is 10.1 Å². The van der Waals surface area contributed by atoms with E-state index in [9.17, 15) is 19.7 Å². The van der Waals surface area contributed by atoms with Gasteiger partial charge in [0.15, 0.2) is 5.78 Å². The van der Waals surface area contributed by atoms with Gasteiger partial charge in [0, 0.05) is 41.4 Å². The molecule has 2 aromatic carbocycles. The highest BCUT2D eigenvalue weighted by molar-refractivity contribution is 6.03. The zero-order chi connectivity index (χ0) is 22.0. The number of Topliss-reactive ketones (excluding diaryl/α,β-unsaturated/α-hetero) is 1. The van der Waals surface area contributed by atoms with Crippen LogP contribution in [0.3, 0.4) is 0 Å². The Kier molecular flexibility index (Phi) is 5.66. The van der Waals surface area contributed by atoms with E-state index in [1.807, 2.05) is 30.3 Å². The van der Waals surface area contributed by atoms with Crippen LogP contribution in [0.25, 0.3) is 0 Å². The van der Waals surface area contributed by atoms with E-state index in [4.69, 9.17) is 4.74 Å². The van der Waals surface area contributed by atoms with Crippen molar-refractivity contribution < 1.29 is 19.2 Å². The number of nitro benzene ring substituents is 1. The number of non-ortho nitro benzene ring substituents is 1. The fourth-order valence-corrected chi connectivity index (χ4v) is 4.21. The van der Waals surface area contributed by atoms with Crippen molar-refractivity contribution in [3.05, 3.63) is 98.4 Å². The molecule has 0 fully saturated rings. The van der Waals surface area contributed by atoms with E-state index in [-0.39, 0.29) is 18.1 Å². The van der Waals surface area contributed by atoms with Gasteiger partial charge < -0.3 is 10.1 Å². The van der Waals surface area contributed by atoms with E-state index < -0.39 is 16.8 Å². The molecule has 7 heteroatoms. The SMILES string of the molecule is CC1=C(C(=O)OCc2ccccc2)C(c2cccc([N+](=O)[O-])c2)C2=C(CCCC2=O)N1. The summed E-state index contributed by atoms with van der Waals surface area (Å²) >= 11 is 0. The fraction of sp³-hybridized carbons (Fsp3) is 0.250. The number of ketones is 1. The Balaban J connectivity index is 1.74. The molecule has 1 N–H and O–H groups in total. The maximum Gasteiger partial charge on any atom is 0.337 e. The van der Waals surface area contributed by atoms with Crippen LogP contribution < -0.4 is 5.32 Å². The van der Waals surface area contributed by atoms with Crippen LogP contribution in [-0.2, 0) is 20.9 Å². The van der Waals surface area contributed by atoms with Crippen molar-refractivity contribution in [2.24, 2.45) is 0 Å². The van der Waals surface area contributed by atoms with Gasteiger partial charge in [-0.3, -0.25) is 14.9 Å². The lowest BCUT2D eigenvalue weighted by molar-refractivity contribution is -0.384. The maximum atomic E-state index is 13.2. The summed E-state index contributed by atoms with van der Waals surface area (Å²) in [6.07, 6.45) is 1.81. The molecule has 0 bridgehead atoms. The van der Waals surface area contributed by atoms with Gasteiger partial charge in [-0.05, 0) is 30.9 Å². The molecular weight excluding hydrogens is 396 g/mol. The molecule has 1 aliphatic carbocycles. The first kappa shape index (κ1) is 20.5. The van der Waals surface area contributed by atoms with Crippen LogP contribution in [0.1, 0.15) is 43.2 Å². The second kappa shape index (κ2) is 8.55. The number of carbonyl (C=O) groups excluding carboxylic acids is 2. The highest BCUT2D eigenvalue weighted by atomic mass is 16.6. The molecule has 2 aliphatic rings. The van der Waals surface area contributed by atoms with Crippen molar-refractivity contribution in [1.82, 2.24) is 5.32 Å². The van der Waals surface area contributed by atoms with E-state index >= 15 is 0 Å². The normalized spacial score (nSPS) is 18.4. The van der Waals surface area contributed by atoms with E-state index in [0.29, 0.717) is 35.2 Å². The number of hydrogen-bond donors (Lipinski definition) is 1. The van der Waals surface area contributed by atoms with Crippen LogP contribution in [-0.4, -0.2) is 16.7 Å². The number of nitrogens with zero attached hydrogens (tertiary/aromatic N) is 1. The summed E-state index contributed by atoms with van der Waals surface area (Å²) in [6, 6.07) is 15.4. The molecule has 1 atom stereocenters. The van der Waals surface area contributed by atoms with Gasteiger partial charge in [-0.25, -0.2) is 4.79 Å². The van der Waals surface area contributed by atoms with Gasteiger partial charge >= 0.3 is 5.97 Å². The number of nitro groups is 1. The number of carbonyl (C=O) groups is 2. The highest BCUT2D eigenvalue weighted by Gasteiger charge is 2.39. The van der Waals surface area contributed by atoms with Crippen molar-refractivity contribution in [2.75, 3.05) is 0 Å². The number of rotatable bonds is 5. The summed E-state index contributed by atoms with van der Waals surface area (Å²) in [5.74, 6) is -1.30. The predicted octanol–water partition coefficient (Wildman–Crippen LogP) is 4.31. The van der Waals surface area contributed by atoms with Crippen LogP contribution in [0.2, 0.25) is 0 Å². The molecule has 158 valence electrons. The maximum absolute atomic E-state index is 13.2. The molecule has 31 heavy (non-hydrogen) atoms. The standard InChI is InChI=1S/C24H22N2O5/c1-15-21(24(28)31-14-16-7-3-2-4-8-16)22(17-9-5-10-18(13-17)26(29)30)23-19(25-15)11-6-12-20(23)27/h2-5,7-10,13,22,25H,6,11-12,14H2,1H3. The lowest BCUT2D eigenvalue weighted by Gasteiger charge is -2.34. The van der Waals surface area contributed by atoms with Gasteiger partial charge in [-0.15, -0.1) is 0 Å². The molecule has 4 rings (SSSR count). The van der Waals surface area contributed by atoms with Crippen LogP contribution in [0.4, 0.5) is 5.69 Å². The lowest BCUT2D eigenvalue weighted by Crippen LogP contribution is -2.34. The average Bonchev–Trinajstić information content (AvgIpc) is 2.77. The Labute approximate surface area is 179 Å². The summed E-state index contributed by atoms with van der Waals surface area (Å²) in [5, 5.41) is 14.6. The minimum Gasteiger partial charge on any atom is -0.457 e. The molecule has 7 nitrogen and oxygen atoms in total. The first-order chi connectivity index (χ1) is 15.0. The third-order valence-corrected chi connectivity index (χ3v) is 5.62. The highest BCUT2D eigenvalue weighted by Crippen LogP contribution is 2.43. The Morgan fingerprint density at radius 1 is 1.16 bits per heavy atom. The summed E-state index contributed by atoms with van der Waals surface area (Å²) in [7, 11) is 0. The summed E-state index contributed by atoms with van der Waals surface area (Å²) in [5.41, 5.74) is 3.49. The molecule has 0 aromatic heterocycles. The summed E-state index contributed by atoms with van der Waals surface area (Å²) in [6.45, 7) is 1.87. The fourth-order valence-electron chi connectivity index (χ4n) is 4.21. The van der Waals surface area contributed by atoms with Crippen molar-refractivity contribution in [3.63, 3.8) is 0 Å². The molecule has 0 amide bonds. The molecule has 0 saturated carbocycles. The lowest BCUT2D eigenvalue weighted by atomic mass is 9.75. The third kappa shape index (κ3) is 4.12. The number of dihydropyridines is 1. The smallest absolute Gasteiger partial charge is 0.337 e. The Hall–Kier alpha value is -3.74. The Bertz CT molecular complexity index is 1120. The van der Waals surface area contributed by atoms with Crippen molar-refractivity contribution in [2.45, 2.75) is 38.7 Å². The molecule has 1 heterocycles. The van der Waals surface area contributed by atoms with Crippen LogP contribution in [0.5, 0.6) is 0 Å². The Morgan fingerprint density at radius 3 is 2.68 bits per heavy atom. The summed E-state index contributed by atoms with van der Waals surface area (Å²) in [4.78, 5) is 36.9. The molecule has 1 aliphatic heterocycles. The van der Waals surface area contributed by atoms with Gasteiger partial charge in [0.25, 0.3) is 5.69 Å².